The van der Waals surface area contributed by atoms with Crippen LogP contribution in [-0.2, 0) is 16.0 Å². The van der Waals surface area contributed by atoms with E-state index in [1.54, 1.807) is 63.4 Å². The normalized spacial score (nSPS) is 10.7. The molecule has 3 rings (SSSR count). The van der Waals surface area contributed by atoms with E-state index < -0.39 is 0 Å². The van der Waals surface area contributed by atoms with Gasteiger partial charge in [0, 0.05) is 15.6 Å². The lowest BCUT2D eigenvalue weighted by Gasteiger charge is -2.08. The van der Waals surface area contributed by atoms with Gasteiger partial charge in [-0.1, -0.05) is 23.7 Å². The highest BCUT2D eigenvalue weighted by Gasteiger charge is 2.19. The molecule has 0 aliphatic heterocycles. The second kappa shape index (κ2) is 9.78. The summed E-state index contributed by atoms with van der Waals surface area (Å²) in [5, 5.41) is 3.49. The number of hydrogen-bond acceptors (Lipinski definition) is 5. The van der Waals surface area contributed by atoms with Crippen LogP contribution in [0.2, 0.25) is 5.02 Å². The minimum atomic E-state index is -0.333. The van der Waals surface area contributed by atoms with Crippen LogP contribution in [0.15, 0.2) is 54.6 Å². The molecule has 0 spiro atoms. The summed E-state index contributed by atoms with van der Waals surface area (Å²) in [6.07, 6.45) is -0.115. The molecule has 3 aromatic rings. The molecule has 1 N–H and O–H groups in total. The van der Waals surface area contributed by atoms with Crippen molar-refractivity contribution in [3.63, 3.8) is 0 Å². The molecular formula is C23H22ClNO4S. The lowest BCUT2D eigenvalue weighted by Crippen LogP contribution is -2.14. The number of amides is 1. The highest BCUT2D eigenvalue weighted by atomic mass is 35.5. The lowest BCUT2D eigenvalue weighted by atomic mass is 10.1. The Kier molecular flexibility index (Phi) is 7.13. The molecule has 7 heteroatoms. The Labute approximate surface area is 184 Å². The highest BCUT2D eigenvalue weighted by Crippen LogP contribution is 2.34. The van der Waals surface area contributed by atoms with Gasteiger partial charge in [-0.2, -0.15) is 0 Å². The predicted octanol–water partition coefficient (Wildman–Crippen LogP) is 5.82. The van der Waals surface area contributed by atoms with Gasteiger partial charge in [-0.3, -0.25) is 9.59 Å². The van der Waals surface area contributed by atoms with Crippen molar-refractivity contribution in [2.75, 3.05) is 12.4 Å². The molecule has 1 amide bonds. The molecule has 0 bridgehead atoms. The number of methoxy groups -OCH3 is 1. The number of rotatable bonds is 7. The van der Waals surface area contributed by atoms with E-state index in [2.05, 4.69) is 5.32 Å². The molecular weight excluding hydrogens is 422 g/mol. The van der Waals surface area contributed by atoms with Crippen LogP contribution in [0.1, 0.15) is 29.1 Å². The number of hydrogen-bond donors (Lipinski definition) is 1. The molecule has 0 unspecified atom stereocenters. The van der Waals surface area contributed by atoms with Crippen molar-refractivity contribution in [3.8, 4) is 16.2 Å². The maximum absolute atomic E-state index is 12.8. The average Bonchev–Trinajstić information content (AvgIpc) is 3.12. The van der Waals surface area contributed by atoms with E-state index in [1.165, 1.54) is 11.3 Å². The van der Waals surface area contributed by atoms with E-state index in [1.807, 2.05) is 12.1 Å². The molecule has 0 atom stereocenters. The summed E-state index contributed by atoms with van der Waals surface area (Å²) in [7, 11) is 1.59. The van der Waals surface area contributed by atoms with Gasteiger partial charge in [0.2, 0.25) is 0 Å². The number of anilines is 1. The number of halogens is 1. The zero-order chi connectivity index (χ0) is 21.7. The van der Waals surface area contributed by atoms with Crippen LogP contribution < -0.4 is 10.1 Å². The Balaban J connectivity index is 1.88. The molecule has 0 fully saturated rings. The van der Waals surface area contributed by atoms with Crippen molar-refractivity contribution >= 4 is 40.5 Å². The standard InChI is InChI=1S/C23H22ClNO4S/c1-14(2)29-21(26)13-16-12-20(30-22(16)15-4-6-17(24)7-5-15)23(27)25-18-8-10-19(28-3)11-9-18/h4-12,14H,13H2,1-3H3,(H,25,27). The van der Waals surface area contributed by atoms with Crippen molar-refractivity contribution < 1.29 is 19.1 Å². The zero-order valence-electron chi connectivity index (χ0n) is 16.9. The molecule has 0 aliphatic rings. The number of esters is 1. The van der Waals surface area contributed by atoms with Gasteiger partial charge in [0.15, 0.2) is 0 Å². The summed E-state index contributed by atoms with van der Waals surface area (Å²) in [6.45, 7) is 3.61. The zero-order valence-corrected chi connectivity index (χ0v) is 18.5. The van der Waals surface area contributed by atoms with Crippen LogP contribution in [-0.4, -0.2) is 25.1 Å². The quantitative estimate of drug-likeness (QED) is 0.467. The van der Waals surface area contributed by atoms with Crippen molar-refractivity contribution in [2.24, 2.45) is 0 Å². The number of thiophene rings is 1. The van der Waals surface area contributed by atoms with E-state index in [0.29, 0.717) is 21.3 Å². The Morgan fingerprint density at radius 2 is 1.73 bits per heavy atom. The van der Waals surface area contributed by atoms with Crippen LogP contribution in [0.3, 0.4) is 0 Å². The van der Waals surface area contributed by atoms with Gasteiger partial charge in [-0.05, 0) is 67.4 Å². The largest absolute Gasteiger partial charge is 0.497 e. The Morgan fingerprint density at radius 1 is 1.07 bits per heavy atom. The van der Waals surface area contributed by atoms with Crippen LogP contribution >= 0.6 is 22.9 Å². The van der Waals surface area contributed by atoms with Crippen molar-refractivity contribution in [1.29, 1.82) is 0 Å². The van der Waals surface area contributed by atoms with Crippen LogP contribution in [0.4, 0.5) is 5.69 Å². The fraction of sp³-hybridized carbons (Fsp3) is 0.217. The predicted molar refractivity (Wildman–Crippen MR) is 121 cm³/mol. The molecule has 1 heterocycles. The fourth-order valence-electron chi connectivity index (χ4n) is 2.84. The first-order valence-corrected chi connectivity index (χ1v) is 10.6. The monoisotopic (exact) mass is 443 g/mol. The SMILES string of the molecule is COc1ccc(NC(=O)c2cc(CC(=O)OC(C)C)c(-c3ccc(Cl)cc3)s2)cc1. The molecule has 0 saturated carbocycles. The second-order valence-corrected chi connectivity index (χ2v) is 8.36. The Bertz CT molecular complexity index is 1030. The third-order valence-corrected chi connectivity index (χ3v) is 5.67. The minimum Gasteiger partial charge on any atom is -0.497 e. The van der Waals surface area contributed by atoms with Crippen molar-refractivity contribution in [1.82, 2.24) is 0 Å². The van der Waals surface area contributed by atoms with Crippen LogP contribution in [0.25, 0.3) is 10.4 Å². The second-order valence-electron chi connectivity index (χ2n) is 6.87. The van der Waals surface area contributed by atoms with Crippen LogP contribution in [0, 0.1) is 0 Å². The van der Waals surface area contributed by atoms with Gasteiger partial charge in [0.25, 0.3) is 5.91 Å². The van der Waals surface area contributed by atoms with Gasteiger partial charge in [0.05, 0.1) is 24.5 Å². The Morgan fingerprint density at radius 3 is 2.33 bits per heavy atom. The number of ether oxygens (including phenoxy) is 2. The first-order chi connectivity index (χ1) is 14.4. The average molecular weight is 444 g/mol. The summed E-state index contributed by atoms with van der Waals surface area (Å²) < 4.78 is 10.4. The van der Waals surface area contributed by atoms with Crippen LogP contribution in [0.5, 0.6) is 5.75 Å². The lowest BCUT2D eigenvalue weighted by molar-refractivity contribution is -0.146. The third kappa shape index (κ3) is 5.62. The topological polar surface area (TPSA) is 64.6 Å². The van der Waals surface area contributed by atoms with E-state index in [0.717, 1.165) is 16.0 Å². The minimum absolute atomic E-state index is 0.0858. The Hall–Kier alpha value is -2.83. The first kappa shape index (κ1) is 21.9. The molecule has 156 valence electrons. The van der Waals surface area contributed by atoms with E-state index in [4.69, 9.17) is 21.1 Å². The summed E-state index contributed by atoms with van der Waals surface area (Å²) >= 11 is 7.33. The third-order valence-electron chi connectivity index (χ3n) is 4.19. The van der Waals surface area contributed by atoms with Gasteiger partial charge < -0.3 is 14.8 Å². The van der Waals surface area contributed by atoms with Crippen molar-refractivity contribution in [3.05, 3.63) is 70.1 Å². The smallest absolute Gasteiger partial charge is 0.310 e. The van der Waals surface area contributed by atoms with E-state index in [9.17, 15) is 9.59 Å². The number of carbonyl (C=O) groups is 2. The molecule has 0 saturated heterocycles. The van der Waals surface area contributed by atoms with Gasteiger partial charge in [0.1, 0.15) is 5.75 Å². The molecule has 30 heavy (non-hydrogen) atoms. The maximum Gasteiger partial charge on any atom is 0.310 e. The van der Waals surface area contributed by atoms with E-state index >= 15 is 0 Å². The number of nitrogens with one attached hydrogen (secondary N) is 1. The molecule has 1 aromatic heterocycles. The molecule has 2 aromatic carbocycles. The molecule has 0 aliphatic carbocycles. The summed E-state index contributed by atoms with van der Waals surface area (Å²) in [5.41, 5.74) is 2.29. The highest BCUT2D eigenvalue weighted by molar-refractivity contribution is 7.17. The number of benzene rings is 2. The molecule has 5 nitrogen and oxygen atoms in total. The summed E-state index contributed by atoms with van der Waals surface area (Å²) in [4.78, 5) is 26.4. The number of carbonyl (C=O) groups excluding carboxylic acids is 2. The summed E-state index contributed by atoms with van der Waals surface area (Å²) in [6, 6.07) is 16.1. The fourth-order valence-corrected chi connectivity index (χ4v) is 4.05. The molecule has 0 radical (unpaired) electrons. The maximum atomic E-state index is 12.8. The van der Waals surface area contributed by atoms with Gasteiger partial charge >= 0.3 is 5.97 Å². The van der Waals surface area contributed by atoms with E-state index in [-0.39, 0.29) is 24.4 Å². The van der Waals surface area contributed by atoms with Gasteiger partial charge in [-0.15, -0.1) is 11.3 Å². The first-order valence-electron chi connectivity index (χ1n) is 9.39. The van der Waals surface area contributed by atoms with Crippen molar-refractivity contribution in [2.45, 2.75) is 26.4 Å². The van der Waals surface area contributed by atoms with Gasteiger partial charge in [-0.25, -0.2) is 0 Å². The summed E-state index contributed by atoms with van der Waals surface area (Å²) in [5.74, 6) is 0.129.